The lowest BCUT2D eigenvalue weighted by molar-refractivity contribution is 0.249. The molecule has 0 aliphatic carbocycles. The number of nitrogens with zero attached hydrogens (tertiary/aromatic N) is 1. The molecule has 0 heterocycles. The Labute approximate surface area is 202 Å². The number of carbonyl (C=O) groups excluding carboxylic acids is 1. The number of hydrogen-bond acceptors (Lipinski definition) is 4. The van der Waals surface area contributed by atoms with Crippen molar-refractivity contribution in [1.29, 1.82) is 0 Å². The van der Waals surface area contributed by atoms with Crippen LogP contribution in [0.2, 0.25) is 10.0 Å². The van der Waals surface area contributed by atoms with Gasteiger partial charge < -0.3 is 10.6 Å². The molecular weight excluding hydrogens is 483 g/mol. The normalized spacial score (nSPS) is 12.0. The van der Waals surface area contributed by atoms with E-state index in [2.05, 4.69) is 27.1 Å². The van der Waals surface area contributed by atoms with E-state index >= 15 is 0 Å². The maximum absolute atomic E-state index is 12.6. The molecule has 1 atom stereocenters. The van der Waals surface area contributed by atoms with E-state index in [1.807, 2.05) is 0 Å². The monoisotopic (exact) mass is 504 g/mol. The Hall–Kier alpha value is -3.07. The molecule has 0 aliphatic heterocycles. The van der Waals surface area contributed by atoms with Crippen LogP contribution < -0.4 is 15.4 Å². The molecule has 0 radical (unpaired) electrons. The minimum Gasteiger partial charge on any atom is -0.331 e. The van der Waals surface area contributed by atoms with E-state index in [1.165, 1.54) is 24.3 Å². The van der Waals surface area contributed by atoms with E-state index < -0.39 is 22.1 Å². The van der Waals surface area contributed by atoms with Crippen molar-refractivity contribution in [2.24, 2.45) is 4.99 Å². The van der Waals surface area contributed by atoms with Crippen LogP contribution in [0.25, 0.3) is 0 Å². The number of amides is 2. The van der Waals surface area contributed by atoms with Crippen molar-refractivity contribution in [2.75, 3.05) is 10.0 Å². The average Bonchev–Trinajstić information content (AvgIpc) is 2.77. The molecule has 0 saturated heterocycles. The Morgan fingerprint density at radius 3 is 2.27 bits per heavy atom. The Kier molecular flexibility index (Phi) is 7.97. The van der Waals surface area contributed by atoms with Crippen LogP contribution in [0, 0.1) is 0 Å². The van der Waals surface area contributed by atoms with E-state index in [4.69, 9.17) is 23.2 Å². The summed E-state index contributed by atoms with van der Waals surface area (Å²) in [5.74, 6) is 0. The molecule has 0 unspecified atom stereocenters. The van der Waals surface area contributed by atoms with Gasteiger partial charge in [0.05, 0.1) is 27.5 Å². The molecule has 7 nitrogen and oxygen atoms in total. The Balaban J connectivity index is 1.62. The predicted molar refractivity (Wildman–Crippen MR) is 134 cm³/mol. The maximum Gasteiger partial charge on any atom is 0.319 e. The van der Waals surface area contributed by atoms with Crippen LogP contribution in [-0.4, -0.2) is 21.2 Å². The van der Waals surface area contributed by atoms with Crippen molar-refractivity contribution in [3.05, 3.63) is 87.9 Å². The summed E-state index contributed by atoms with van der Waals surface area (Å²) in [6.07, 6.45) is 0. The summed E-state index contributed by atoms with van der Waals surface area (Å²) in [4.78, 5) is 16.2. The number of nitrogens with one attached hydrogen (secondary N) is 3. The summed E-state index contributed by atoms with van der Waals surface area (Å²) < 4.78 is 27.8. The molecule has 3 N–H and O–H groups in total. The van der Waals surface area contributed by atoms with Gasteiger partial charge in [-0.1, -0.05) is 47.5 Å². The smallest absolute Gasteiger partial charge is 0.319 e. The van der Waals surface area contributed by atoms with Crippen molar-refractivity contribution < 1.29 is 13.2 Å². The third kappa shape index (κ3) is 6.47. The first-order valence-electron chi connectivity index (χ1n) is 9.85. The molecule has 3 aromatic rings. The number of anilines is 2. The number of rotatable bonds is 8. The number of halogens is 2. The molecule has 0 spiro atoms. The van der Waals surface area contributed by atoms with Gasteiger partial charge in [-0.05, 0) is 67.2 Å². The number of sulfonamides is 1. The fraction of sp³-hybridized carbons (Fsp3) is 0.130. The molecule has 3 aromatic carbocycles. The number of urea groups is 1. The molecule has 0 aliphatic rings. The van der Waals surface area contributed by atoms with E-state index in [9.17, 15) is 13.2 Å². The van der Waals surface area contributed by atoms with Gasteiger partial charge in [0.25, 0.3) is 10.0 Å². The Morgan fingerprint density at radius 1 is 1.00 bits per heavy atom. The first-order valence-corrected chi connectivity index (χ1v) is 12.1. The SMILES string of the molecule is C=NCc1ccc(NS(=O)(=O)c2ccc(NC(=O)N[C@@H](C)c3cccc(Cl)c3Cl)cc2)cc1. The van der Waals surface area contributed by atoms with Crippen LogP contribution in [0.4, 0.5) is 16.2 Å². The minimum atomic E-state index is -3.79. The minimum absolute atomic E-state index is 0.0596. The highest BCUT2D eigenvalue weighted by Crippen LogP contribution is 2.29. The fourth-order valence-corrected chi connectivity index (χ4v) is 4.57. The second kappa shape index (κ2) is 10.7. The summed E-state index contributed by atoms with van der Waals surface area (Å²) >= 11 is 12.2. The largest absolute Gasteiger partial charge is 0.331 e. The quantitative estimate of drug-likeness (QED) is 0.334. The molecular formula is C23H22Cl2N4O3S. The highest BCUT2D eigenvalue weighted by molar-refractivity contribution is 7.92. The maximum atomic E-state index is 12.6. The first kappa shape index (κ1) is 24.6. The van der Waals surface area contributed by atoms with E-state index in [0.29, 0.717) is 33.5 Å². The van der Waals surface area contributed by atoms with E-state index in [0.717, 1.165) is 5.56 Å². The Bertz CT molecular complexity index is 1250. The first-order chi connectivity index (χ1) is 15.7. The molecule has 0 fully saturated rings. The van der Waals surface area contributed by atoms with Crippen LogP contribution in [0.1, 0.15) is 24.1 Å². The standard InChI is InChI=1S/C23H22Cl2N4O3S/c1-15(20-4-3-5-21(24)22(20)25)27-23(30)28-17-10-12-19(13-11-17)33(31,32)29-18-8-6-16(7-9-18)14-26-2/h3-13,15,29H,2,14H2,1H3,(H2,27,28,30)/t15-/m0/s1. The summed E-state index contributed by atoms with van der Waals surface area (Å²) in [6.45, 7) is 5.67. The van der Waals surface area contributed by atoms with Crippen molar-refractivity contribution in [1.82, 2.24) is 5.32 Å². The van der Waals surface area contributed by atoms with Crippen molar-refractivity contribution in [3.8, 4) is 0 Å². The van der Waals surface area contributed by atoms with Gasteiger partial charge >= 0.3 is 6.03 Å². The lowest BCUT2D eigenvalue weighted by Crippen LogP contribution is -2.31. The second-order valence-corrected chi connectivity index (χ2v) is 9.64. The van der Waals surface area contributed by atoms with Gasteiger partial charge in [-0.2, -0.15) is 0 Å². The van der Waals surface area contributed by atoms with Gasteiger partial charge in [-0.15, -0.1) is 0 Å². The second-order valence-electron chi connectivity index (χ2n) is 7.17. The van der Waals surface area contributed by atoms with Crippen molar-refractivity contribution in [2.45, 2.75) is 24.4 Å². The number of aliphatic imine (C=N–C) groups is 1. The molecule has 0 saturated carbocycles. The van der Waals surface area contributed by atoms with E-state index in [1.54, 1.807) is 49.4 Å². The zero-order valence-corrected chi connectivity index (χ0v) is 20.0. The summed E-state index contributed by atoms with van der Waals surface area (Å²) in [6, 6.07) is 17.0. The molecule has 10 heteroatoms. The van der Waals surface area contributed by atoms with Gasteiger partial charge in [-0.25, -0.2) is 13.2 Å². The van der Waals surface area contributed by atoms with Gasteiger partial charge in [0.15, 0.2) is 0 Å². The topological polar surface area (TPSA) is 99.7 Å². The molecule has 172 valence electrons. The highest BCUT2D eigenvalue weighted by atomic mass is 35.5. The molecule has 0 bridgehead atoms. The number of carbonyl (C=O) groups is 1. The number of hydrogen-bond donors (Lipinski definition) is 3. The highest BCUT2D eigenvalue weighted by Gasteiger charge is 2.16. The van der Waals surface area contributed by atoms with Gasteiger partial charge in [0.1, 0.15) is 0 Å². The lowest BCUT2D eigenvalue weighted by atomic mass is 10.1. The van der Waals surface area contributed by atoms with Crippen molar-refractivity contribution >= 4 is 57.3 Å². The molecule has 0 aromatic heterocycles. The molecule has 2 amide bonds. The van der Waals surface area contributed by atoms with Crippen LogP contribution in [-0.2, 0) is 16.6 Å². The van der Waals surface area contributed by atoms with Gasteiger partial charge in [-0.3, -0.25) is 9.71 Å². The van der Waals surface area contributed by atoms with Crippen LogP contribution in [0.15, 0.2) is 76.6 Å². The van der Waals surface area contributed by atoms with Crippen LogP contribution >= 0.6 is 23.2 Å². The van der Waals surface area contributed by atoms with Gasteiger partial charge in [0, 0.05) is 11.4 Å². The molecule has 33 heavy (non-hydrogen) atoms. The summed E-state index contributed by atoms with van der Waals surface area (Å²) in [5.41, 5.74) is 2.46. The molecule has 3 rings (SSSR count). The van der Waals surface area contributed by atoms with E-state index in [-0.39, 0.29) is 4.90 Å². The van der Waals surface area contributed by atoms with Crippen LogP contribution in [0.5, 0.6) is 0 Å². The predicted octanol–water partition coefficient (Wildman–Crippen LogP) is 5.88. The lowest BCUT2D eigenvalue weighted by Gasteiger charge is -2.17. The fourth-order valence-electron chi connectivity index (χ4n) is 3.04. The van der Waals surface area contributed by atoms with Gasteiger partial charge in [0.2, 0.25) is 0 Å². The van der Waals surface area contributed by atoms with Crippen LogP contribution in [0.3, 0.4) is 0 Å². The van der Waals surface area contributed by atoms with Crippen molar-refractivity contribution in [3.63, 3.8) is 0 Å². The third-order valence-electron chi connectivity index (χ3n) is 4.72. The summed E-state index contributed by atoms with van der Waals surface area (Å²) in [5, 5.41) is 6.21. The average molecular weight is 505 g/mol. The number of benzene rings is 3. The Morgan fingerprint density at radius 2 is 1.64 bits per heavy atom. The third-order valence-corrected chi connectivity index (χ3v) is 6.95. The zero-order valence-electron chi connectivity index (χ0n) is 17.7. The zero-order chi connectivity index (χ0) is 24.0. The summed E-state index contributed by atoms with van der Waals surface area (Å²) in [7, 11) is -3.79.